The van der Waals surface area contributed by atoms with Gasteiger partial charge in [0.15, 0.2) is 0 Å². The molecule has 17 heavy (non-hydrogen) atoms. The maximum Gasteiger partial charge on any atom is 0.129 e. The summed E-state index contributed by atoms with van der Waals surface area (Å²) in [6.07, 6.45) is -0.907. The zero-order chi connectivity index (χ0) is 12.4. The quantitative estimate of drug-likeness (QED) is 0.836. The van der Waals surface area contributed by atoms with Gasteiger partial charge in [-0.3, -0.25) is 0 Å². The SMILES string of the molecule is Cc1ccc(C(O)c2cc(C)ccc2F)cc1. The molecule has 2 heteroatoms. The molecule has 2 rings (SSSR count). The molecule has 1 N–H and O–H groups in total. The van der Waals surface area contributed by atoms with Gasteiger partial charge in [-0.15, -0.1) is 0 Å². The van der Waals surface area contributed by atoms with Gasteiger partial charge in [-0.1, -0.05) is 47.5 Å². The summed E-state index contributed by atoms with van der Waals surface area (Å²) in [5, 5.41) is 10.1. The molecule has 0 heterocycles. The van der Waals surface area contributed by atoms with E-state index in [1.807, 2.05) is 38.1 Å². The first kappa shape index (κ1) is 11.8. The summed E-state index contributed by atoms with van der Waals surface area (Å²) < 4.78 is 13.6. The Labute approximate surface area is 101 Å². The van der Waals surface area contributed by atoms with E-state index < -0.39 is 6.10 Å². The van der Waals surface area contributed by atoms with Crippen LogP contribution in [0.25, 0.3) is 0 Å². The molecule has 0 aliphatic heterocycles. The Balaban J connectivity index is 2.39. The lowest BCUT2D eigenvalue weighted by atomic mass is 9.99. The van der Waals surface area contributed by atoms with Gasteiger partial charge in [-0.2, -0.15) is 0 Å². The number of aryl methyl sites for hydroxylation is 2. The molecular formula is C15H15FO. The molecule has 0 saturated carbocycles. The fraction of sp³-hybridized carbons (Fsp3) is 0.200. The molecule has 0 spiro atoms. The highest BCUT2D eigenvalue weighted by Gasteiger charge is 2.14. The molecule has 0 aliphatic rings. The van der Waals surface area contributed by atoms with Crippen molar-refractivity contribution in [2.45, 2.75) is 20.0 Å². The average molecular weight is 230 g/mol. The van der Waals surface area contributed by atoms with Crippen LogP contribution in [0.15, 0.2) is 42.5 Å². The molecule has 0 aromatic heterocycles. The normalized spacial score (nSPS) is 12.5. The van der Waals surface area contributed by atoms with Crippen LogP contribution in [0.1, 0.15) is 28.4 Å². The summed E-state index contributed by atoms with van der Waals surface area (Å²) in [5.41, 5.74) is 3.09. The summed E-state index contributed by atoms with van der Waals surface area (Å²) in [4.78, 5) is 0. The lowest BCUT2D eigenvalue weighted by molar-refractivity contribution is 0.215. The van der Waals surface area contributed by atoms with Gasteiger partial charge in [0.2, 0.25) is 0 Å². The summed E-state index contributed by atoms with van der Waals surface area (Å²) in [6, 6.07) is 12.2. The van der Waals surface area contributed by atoms with Crippen LogP contribution in [0.2, 0.25) is 0 Å². The Morgan fingerprint density at radius 1 is 0.941 bits per heavy atom. The van der Waals surface area contributed by atoms with Gasteiger partial charge in [0.25, 0.3) is 0 Å². The van der Waals surface area contributed by atoms with Crippen molar-refractivity contribution >= 4 is 0 Å². The Kier molecular flexibility index (Phi) is 3.25. The summed E-state index contributed by atoms with van der Waals surface area (Å²) in [7, 11) is 0. The van der Waals surface area contributed by atoms with E-state index in [9.17, 15) is 9.50 Å². The highest BCUT2D eigenvalue weighted by Crippen LogP contribution is 2.25. The van der Waals surface area contributed by atoms with E-state index in [0.29, 0.717) is 11.1 Å². The molecule has 1 nitrogen and oxygen atoms in total. The Bertz CT molecular complexity index is 517. The molecule has 88 valence electrons. The second kappa shape index (κ2) is 4.68. The van der Waals surface area contributed by atoms with Crippen molar-refractivity contribution in [1.29, 1.82) is 0 Å². The van der Waals surface area contributed by atoms with Crippen LogP contribution in [0.5, 0.6) is 0 Å². The largest absolute Gasteiger partial charge is 0.384 e. The first-order valence-electron chi connectivity index (χ1n) is 5.58. The minimum absolute atomic E-state index is 0.328. The Hall–Kier alpha value is -1.67. The van der Waals surface area contributed by atoms with Crippen LogP contribution >= 0.6 is 0 Å². The minimum atomic E-state index is -0.907. The predicted octanol–water partition coefficient (Wildman–Crippen LogP) is 3.52. The maximum absolute atomic E-state index is 13.6. The van der Waals surface area contributed by atoms with Gasteiger partial charge < -0.3 is 5.11 Å². The van der Waals surface area contributed by atoms with Crippen molar-refractivity contribution in [2.24, 2.45) is 0 Å². The lowest BCUT2D eigenvalue weighted by Gasteiger charge is -2.13. The number of hydrogen-bond acceptors (Lipinski definition) is 1. The number of halogens is 1. The molecule has 0 fully saturated rings. The third-order valence-corrected chi connectivity index (χ3v) is 2.84. The number of benzene rings is 2. The fourth-order valence-electron chi connectivity index (χ4n) is 1.80. The van der Waals surface area contributed by atoms with Gasteiger partial charge >= 0.3 is 0 Å². The average Bonchev–Trinajstić information content (AvgIpc) is 2.32. The topological polar surface area (TPSA) is 20.2 Å². The molecule has 2 aromatic carbocycles. The zero-order valence-electron chi connectivity index (χ0n) is 9.94. The second-order valence-corrected chi connectivity index (χ2v) is 4.34. The van der Waals surface area contributed by atoms with E-state index in [1.165, 1.54) is 6.07 Å². The monoisotopic (exact) mass is 230 g/mol. The van der Waals surface area contributed by atoms with E-state index in [0.717, 1.165) is 11.1 Å². The van der Waals surface area contributed by atoms with Crippen molar-refractivity contribution in [1.82, 2.24) is 0 Å². The summed E-state index contributed by atoms with van der Waals surface area (Å²) >= 11 is 0. The van der Waals surface area contributed by atoms with Crippen LogP contribution in [-0.4, -0.2) is 5.11 Å². The standard InChI is InChI=1S/C15H15FO/c1-10-3-6-12(7-4-10)15(17)13-9-11(2)5-8-14(13)16/h3-9,15,17H,1-2H3. The van der Waals surface area contributed by atoms with Crippen LogP contribution < -0.4 is 0 Å². The van der Waals surface area contributed by atoms with Crippen molar-refractivity contribution in [2.75, 3.05) is 0 Å². The van der Waals surface area contributed by atoms with Gasteiger partial charge in [0.05, 0.1) is 0 Å². The van der Waals surface area contributed by atoms with Crippen LogP contribution in [0, 0.1) is 19.7 Å². The number of hydrogen-bond donors (Lipinski definition) is 1. The molecule has 0 saturated heterocycles. The van der Waals surface area contributed by atoms with Crippen molar-refractivity contribution < 1.29 is 9.50 Å². The van der Waals surface area contributed by atoms with Gasteiger partial charge in [0, 0.05) is 5.56 Å². The summed E-state index contributed by atoms with van der Waals surface area (Å²) in [5.74, 6) is -0.372. The number of aliphatic hydroxyl groups excluding tert-OH is 1. The first-order chi connectivity index (χ1) is 8.08. The van der Waals surface area contributed by atoms with Crippen molar-refractivity contribution in [3.63, 3.8) is 0 Å². The highest BCUT2D eigenvalue weighted by atomic mass is 19.1. The third kappa shape index (κ3) is 2.53. The molecule has 1 atom stereocenters. The molecule has 0 bridgehead atoms. The molecule has 2 aromatic rings. The molecule has 0 aliphatic carbocycles. The smallest absolute Gasteiger partial charge is 0.129 e. The van der Waals surface area contributed by atoms with E-state index >= 15 is 0 Å². The summed E-state index contributed by atoms with van der Waals surface area (Å²) in [6.45, 7) is 3.86. The van der Waals surface area contributed by atoms with E-state index in [1.54, 1.807) is 12.1 Å². The minimum Gasteiger partial charge on any atom is -0.384 e. The third-order valence-electron chi connectivity index (χ3n) is 2.84. The molecule has 0 amide bonds. The highest BCUT2D eigenvalue weighted by molar-refractivity contribution is 5.34. The van der Waals surface area contributed by atoms with Crippen LogP contribution in [0.3, 0.4) is 0 Å². The Morgan fingerprint density at radius 3 is 2.18 bits per heavy atom. The van der Waals surface area contributed by atoms with E-state index in [4.69, 9.17) is 0 Å². The molecule has 1 unspecified atom stereocenters. The molecular weight excluding hydrogens is 215 g/mol. The van der Waals surface area contributed by atoms with Crippen LogP contribution in [-0.2, 0) is 0 Å². The predicted molar refractivity (Wildman–Crippen MR) is 66.4 cm³/mol. The van der Waals surface area contributed by atoms with Crippen molar-refractivity contribution in [3.05, 3.63) is 70.5 Å². The lowest BCUT2D eigenvalue weighted by Crippen LogP contribution is -2.03. The van der Waals surface area contributed by atoms with Crippen molar-refractivity contribution in [3.8, 4) is 0 Å². The van der Waals surface area contributed by atoms with Gasteiger partial charge in [0.1, 0.15) is 11.9 Å². The van der Waals surface area contributed by atoms with Gasteiger partial charge in [-0.25, -0.2) is 4.39 Å². The fourth-order valence-corrected chi connectivity index (χ4v) is 1.80. The molecule has 0 radical (unpaired) electrons. The Morgan fingerprint density at radius 2 is 1.53 bits per heavy atom. The zero-order valence-corrected chi connectivity index (χ0v) is 9.94. The van der Waals surface area contributed by atoms with Gasteiger partial charge in [-0.05, 0) is 25.5 Å². The maximum atomic E-state index is 13.6. The second-order valence-electron chi connectivity index (χ2n) is 4.34. The van der Waals surface area contributed by atoms with Crippen LogP contribution in [0.4, 0.5) is 4.39 Å². The van der Waals surface area contributed by atoms with E-state index in [2.05, 4.69) is 0 Å². The first-order valence-corrected chi connectivity index (χ1v) is 5.58. The van der Waals surface area contributed by atoms with E-state index in [-0.39, 0.29) is 5.82 Å². The number of rotatable bonds is 2. The number of aliphatic hydroxyl groups is 1.